The molecule has 0 aromatic heterocycles. The molecule has 0 aliphatic carbocycles. The van der Waals surface area contributed by atoms with Crippen LogP contribution < -0.4 is 5.73 Å². The molecule has 98 valence electrons. The molecule has 1 aliphatic heterocycles. The van der Waals surface area contributed by atoms with Gasteiger partial charge in [0.2, 0.25) is 5.91 Å². The van der Waals surface area contributed by atoms with Crippen LogP contribution in [0.3, 0.4) is 0 Å². The largest absolute Gasteiger partial charge is 0.480 e. The minimum absolute atomic E-state index is 0.0919. The van der Waals surface area contributed by atoms with Gasteiger partial charge in [0.1, 0.15) is 6.04 Å². The van der Waals surface area contributed by atoms with Crippen LogP contribution >= 0.6 is 0 Å². The van der Waals surface area contributed by atoms with E-state index in [0.29, 0.717) is 0 Å². The summed E-state index contributed by atoms with van der Waals surface area (Å²) in [6, 6.07) is -1.15. The number of aliphatic carboxylic acids is 1. The Morgan fingerprint density at radius 3 is 2.71 bits per heavy atom. The number of hydrogen-bond acceptors (Lipinski definition) is 4. The summed E-state index contributed by atoms with van der Waals surface area (Å²) in [6.07, 6.45) is 1.12. The monoisotopic (exact) mass is 244 g/mol. The molecule has 0 bridgehead atoms. The molecular weight excluding hydrogens is 224 g/mol. The Hall–Kier alpha value is -1.14. The Bertz CT molecular complexity index is 295. The molecule has 1 saturated heterocycles. The first-order chi connectivity index (χ1) is 7.95. The normalized spacial score (nSPS) is 25.9. The lowest BCUT2D eigenvalue weighted by molar-refractivity contribution is -0.148. The summed E-state index contributed by atoms with van der Waals surface area (Å²) in [7, 11) is 0. The number of carboxylic acids is 1. The molecule has 0 spiro atoms. The van der Waals surface area contributed by atoms with Gasteiger partial charge in [-0.05, 0) is 6.42 Å². The molecular formula is C11H20N2O4. The number of rotatable bonds is 5. The molecule has 1 aliphatic rings. The molecule has 0 aromatic rings. The number of carbonyl (C=O) groups is 2. The van der Waals surface area contributed by atoms with Crippen molar-refractivity contribution in [3.63, 3.8) is 0 Å². The Balaban J connectivity index is 2.58. The van der Waals surface area contributed by atoms with Crippen molar-refractivity contribution in [2.45, 2.75) is 50.8 Å². The third-order valence-corrected chi connectivity index (χ3v) is 2.98. The topological polar surface area (TPSA) is 104 Å². The summed E-state index contributed by atoms with van der Waals surface area (Å²) >= 11 is 0. The quantitative estimate of drug-likeness (QED) is 0.607. The Kier molecular flexibility index (Phi) is 4.89. The average molecular weight is 244 g/mol. The van der Waals surface area contributed by atoms with Crippen LogP contribution in [0.4, 0.5) is 0 Å². The highest BCUT2D eigenvalue weighted by Crippen LogP contribution is 2.19. The second-order valence-electron chi connectivity index (χ2n) is 4.54. The number of nitrogens with two attached hydrogens (primary N) is 1. The molecule has 6 heteroatoms. The second-order valence-corrected chi connectivity index (χ2v) is 4.54. The zero-order chi connectivity index (χ0) is 13.0. The maximum atomic E-state index is 11.9. The molecule has 1 rings (SSSR count). The minimum atomic E-state index is -1.07. The second kappa shape index (κ2) is 5.97. The Morgan fingerprint density at radius 2 is 2.18 bits per heavy atom. The van der Waals surface area contributed by atoms with E-state index in [0.717, 1.165) is 12.8 Å². The molecule has 4 N–H and O–H groups in total. The molecule has 1 fully saturated rings. The molecule has 1 amide bonds. The van der Waals surface area contributed by atoms with Crippen molar-refractivity contribution in [3.05, 3.63) is 0 Å². The third kappa shape index (κ3) is 3.67. The van der Waals surface area contributed by atoms with E-state index >= 15 is 0 Å². The predicted molar refractivity (Wildman–Crippen MR) is 61.3 cm³/mol. The number of aliphatic hydroxyl groups excluding tert-OH is 1. The van der Waals surface area contributed by atoms with Crippen LogP contribution in [-0.4, -0.2) is 51.7 Å². The van der Waals surface area contributed by atoms with Crippen LogP contribution in [0.5, 0.6) is 0 Å². The summed E-state index contributed by atoms with van der Waals surface area (Å²) in [4.78, 5) is 24.0. The summed E-state index contributed by atoms with van der Waals surface area (Å²) in [5, 5.41) is 18.4. The Morgan fingerprint density at radius 1 is 1.53 bits per heavy atom. The van der Waals surface area contributed by atoms with Crippen molar-refractivity contribution in [2.24, 2.45) is 5.73 Å². The van der Waals surface area contributed by atoms with Gasteiger partial charge in [-0.15, -0.1) is 0 Å². The minimum Gasteiger partial charge on any atom is -0.480 e. The smallest absolute Gasteiger partial charge is 0.326 e. The lowest BCUT2D eigenvalue weighted by Crippen LogP contribution is -2.42. The fourth-order valence-electron chi connectivity index (χ4n) is 2.14. The molecule has 17 heavy (non-hydrogen) atoms. The van der Waals surface area contributed by atoms with Gasteiger partial charge in [0, 0.05) is 25.4 Å². The van der Waals surface area contributed by atoms with Crippen molar-refractivity contribution in [1.82, 2.24) is 4.90 Å². The maximum absolute atomic E-state index is 11.9. The number of aliphatic hydroxyl groups is 1. The highest BCUT2D eigenvalue weighted by molar-refractivity contribution is 5.84. The van der Waals surface area contributed by atoms with Gasteiger partial charge in [-0.2, -0.15) is 0 Å². The molecule has 6 nitrogen and oxygen atoms in total. The first-order valence-corrected chi connectivity index (χ1v) is 5.91. The Labute approximate surface area is 100 Å². The molecule has 0 aromatic carbocycles. The van der Waals surface area contributed by atoms with Crippen LogP contribution in [0.2, 0.25) is 0 Å². The number of carbonyl (C=O) groups excluding carboxylic acids is 1. The van der Waals surface area contributed by atoms with Gasteiger partial charge in [-0.25, -0.2) is 4.79 Å². The molecule has 1 heterocycles. The number of amides is 1. The predicted octanol–water partition coefficient (Wildman–Crippen LogP) is -0.450. The molecule has 0 saturated carbocycles. The van der Waals surface area contributed by atoms with Crippen LogP contribution in [0.15, 0.2) is 0 Å². The lowest BCUT2D eigenvalue weighted by Gasteiger charge is -2.22. The van der Waals surface area contributed by atoms with Gasteiger partial charge in [0.25, 0.3) is 0 Å². The number of nitrogens with zero attached hydrogens (tertiary/aromatic N) is 1. The summed E-state index contributed by atoms with van der Waals surface area (Å²) in [5.41, 5.74) is 5.75. The fraction of sp³-hybridized carbons (Fsp3) is 0.818. The van der Waals surface area contributed by atoms with Crippen LogP contribution in [0, 0.1) is 0 Å². The number of likely N-dealkylation sites (tertiary alicyclic amines) is 1. The number of β-amino-alcohol motifs (C(OH)–C–C–N with tert-alkyl or cyclic N) is 1. The van der Waals surface area contributed by atoms with Crippen LogP contribution in [-0.2, 0) is 9.59 Å². The van der Waals surface area contributed by atoms with Crippen LogP contribution in [0.25, 0.3) is 0 Å². The summed E-state index contributed by atoms with van der Waals surface area (Å²) in [5.74, 6) is -1.35. The highest BCUT2D eigenvalue weighted by Gasteiger charge is 2.38. The van der Waals surface area contributed by atoms with Crippen molar-refractivity contribution < 1.29 is 19.8 Å². The standard InChI is InChI=1S/C11H20N2O4/c1-2-3-7(12)4-10(15)13-6-8(14)5-9(13)11(16)17/h7-9,14H,2-6,12H2,1H3,(H,16,17)/t7?,8?,9-/m0/s1. The molecule has 2 unspecified atom stereocenters. The van der Waals surface area contributed by atoms with E-state index in [1.807, 2.05) is 6.92 Å². The third-order valence-electron chi connectivity index (χ3n) is 2.98. The zero-order valence-electron chi connectivity index (χ0n) is 10.0. The molecule has 0 radical (unpaired) electrons. The van der Waals surface area contributed by atoms with Gasteiger partial charge < -0.3 is 20.8 Å². The van der Waals surface area contributed by atoms with E-state index in [-0.39, 0.29) is 31.3 Å². The van der Waals surface area contributed by atoms with Crippen molar-refractivity contribution in [2.75, 3.05) is 6.54 Å². The van der Waals surface area contributed by atoms with Gasteiger partial charge >= 0.3 is 5.97 Å². The zero-order valence-corrected chi connectivity index (χ0v) is 10.0. The van der Waals surface area contributed by atoms with E-state index in [4.69, 9.17) is 10.8 Å². The first-order valence-electron chi connectivity index (χ1n) is 5.91. The number of carboxylic acid groups (broad SMARTS) is 1. The van der Waals surface area contributed by atoms with E-state index in [1.54, 1.807) is 0 Å². The fourth-order valence-corrected chi connectivity index (χ4v) is 2.14. The van der Waals surface area contributed by atoms with E-state index in [9.17, 15) is 14.7 Å². The summed E-state index contributed by atoms with van der Waals surface area (Å²) in [6.45, 7) is 2.07. The van der Waals surface area contributed by atoms with Crippen LogP contribution in [0.1, 0.15) is 32.6 Å². The SMILES string of the molecule is CCCC(N)CC(=O)N1CC(O)C[C@H]1C(=O)O. The van der Waals surface area contributed by atoms with Gasteiger partial charge in [0.05, 0.1) is 6.10 Å². The summed E-state index contributed by atoms with van der Waals surface area (Å²) < 4.78 is 0. The van der Waals surface area contributed by atoms with E-state index < -0.39 is 18.1 Å². The van der Waals surface area contributed by atoms with Gasteiger partial charge in [-0.3, -0.25) is 4.79 Å². The van der Waals surface area contributed by atoms with Crippen molar-refractivity contribution in [1.29, 1.82) is 0 Å². The van der Waals surface area contributed by atoms with Gasteiger partial charge in [0.15, 0.2) is 0 Å². The van der Waals surface area contributed by atoms with Gasteiger partial charge in [-0.1, -0.05) is 13.3 Å². The number of hydrogen-bond donors (Lipinski definition) is 3. The van der Waals surface area contributed by atoms with E-state index in [1.165, 1.54) is 4.90 Å². The molecule has 3 atom stereocenters. The van der Waals surface area contributed by atoms with Crippen molar-refractivity contribution >= 4 is 11.9 Å². The van der Waals surface area contributed by atoms with Crippen molar-refractivity contribution in [3.8, 4) is 0 Å². The lowest BCUT2D eigenvalue weighted by atomic mass is 10.1. The average Bonchev–Trinajstić information content (AvgIpc) is 2.60. The maximum Gasteiger partial charge on any atom is 0.326 e. The first kappa shape index (κ1) is 13.9. The highest BCUT2D eigenvalue weighted by atomic mass is 16.4. The van der Waals surface area contributed by atoms with E-state index in [2.05, 4.69) is 0 Å².